The zero-order valence-corrected chi connectivity index (χ0v) is 18.4. The van der Waals surface area contributed by atoms with Crippen molar-refractivity contribution in [2.24, 2.45) is 9.98 Å². The molecule has 2 aliphatic rings. The van der Waals surface area contributed by atoms with Crippen LogP contribution in [0.15, 0.2) is 69.4 Å². The first-order valence-corrected chi connectivity index (χ1v) is 11.2. The second kappa shape index (κ2) is 9.15. The van der Waals surface area contributed by atoms with Crippen molar-refractivity contribution >= 4 is 23.1 Å². The fourth-order valence-corrected chi connectivity index (χ4v) is 4.45. The molecule has 2 aromatic carbocycles. The Labute approximate surface area is 191 Å². The highest BCUT2D eigenvalue weighted by Crippen LogP contribution is 2.26. The van der Waals surface area contributed by atoms with Crippen molar-refractivity contribution in [3.8, 4) is 5.75 Å². The Balaban J connectivity index is 1.21. The maximum atomic E-state index is 13.2. The molecular formula is C25H26FN5O2. The number of amidine groups is 1. The van der Waals surface area contributed by atoms with Crippen molar-refractivity contribution < 1.29 is 9.13 Å². The summed E-state index contributed by atoms with van der Waals surface area (Å²) in [7, 11) is 0. The third-order valence-corrected chi connectivity index (χ3v) is 6.36. The summed E-state index contributed by atoms with van der Waals surface area (Å²) < 4.78 is 19.4. The Morgan fingerprint density at radius 1 is 1.06 bits per heavy atom. The molecule has 0 amide bonds. The van der Waals surface area contributed by atoms with Crippen molar-refractivity contribution in [1.29, 1.82) is 0 Å². The van der Waals surface area contributed by atoms with Gasteiger partial charge in [0.2, 0.25) is 5.56 Å². The van der Waals surface area contributed by atoms with Crippen LogP contribution in [0.1, 0.15) is 24.9 Å². The number of aromatic amines is 1. The number of rotatable bonds is 4. The number of benzene rings is 2. The lowest BCUT2D eigenvalue weighted by molar-refractivity contribution is 0.136. The normalized spacial score (nSPS) is 20.0. The van der Waals surface area contributed by atoms with Crippen LogP contribution < -0.4 is 10.3 Å². The third kappa shape index (κ3) is 4.66. The molecule has 7 nitrogen and oxygen atoms in total. The van der Waals surface area contributed by atoms with E-state index < -0.39 is 0 Å². The maximum Gasteiger partial charge on any atom is 0.248 e. The molecule has 0 spiro atoms. The zero-order valence-electron chi connectivity index (χ0n) is 18.4. The van der Waals surface area contributed by atoms with E-state index in [0.717, 1.165) is 48.5 Å². The summed E-state index contributed by atoms with van der Waals surface area (Å²) in [6.07, 6.45) is 1.79. The fourth-order valence-electron chi connectivity index (χ4n) is 4.45. The van der Waals surface area contributed by atoms with Gasteiger partial charge in [-0.1, -0.05) is 18.2 Å². The average molecular weight is 448 g/mol. The van der Waals surface area contributed by atoms with Gasteiger partial charge in [-0.3, -0.25) is 9.69 Å². The number of fused-ring (bicyclic) bond motifs is 1. The van der Waals surface area contributed by atoms with Gasteiger partial charge in [-0.25, -0.2) is 14.4 Å². The van der Waals surface area contributed by atoms with Gasteiger partial charge in [-0.05, 0) is 42.8 Å². The lowest BCUT2D eigenvalue weighted by Crippen LogP contribution is -2.50. The number of nitrogens with one attached hydrogen (secondary N) is 1. The molecule has 33 heavy (non-hydrogen) atoms. The topological polar surface area (TPSA) is 73.3 Å². The predicted octanol–water partition coefficient (Wildman–Crippen LogP) is 3.58. The highest BCUT2D eigenvalue weighted by molar-refractivity contribution is 5.91. The number of hydrogen-bond acceptors (Lipinski definition) is 6. The lowest BCUT2D eigenvalue weighted by Gasteiger charge is -2.40. The van der Waals surface area contributed by atoms with E-state index in [9.17, 15) is 9.18 Å². The number of H-pyrrole nitrogens is 1. The first kappa shape index (κ1) is 21.3. The van der Waals surface area contributed by atoms with Gasteiger partial charge < -0.3 is 14.6 Å². The van der Waals surface area contributed by atoms with E-state index in [2.05, 4.69) is 31.7 Å². The molecule has 0 radical (unpaired) electrons. The molecule has 1 N–H and O–H groups in total. The number of pyridine rings is 1. The molecule has 5 rings (SSSR count). The number of hydrogen-bond donors (Lipinski definition) is 1. The van der Waals surface area contributed by atoms with Gasteiger partial charge in [0.05, 0.1) is 11.9 Å². The Hall–Kier alpha value is -3.52. The van der Waals surface area contributed by atoms with Crippen molar-refractivity contribution in [2.45, 2.75) is 25.6 Å². The molecule has 1 aromatic heterocycles. The molecule has 2 aliphatic heterocycles. The fraction of sp³-hybridized carbons (Fsp3) is 0.320. The minimum Gasteiger partial charge on any atom is -0.468 e. The number of ether oxygens (including phenoxy) is 1. The number of aliphatic imine (C=N–C) groups is 2. The Kier molecular flexibility index (Phi) is 5.92. The first-order chi connectivity index (χ1) is 16.1. The van der Waals surface area contributed by atoms with Gasteiger partial charge in [-0.15, -0.1) is 0 Å². The van der Waals surface area contributed by atoms with Gasteiger partial charge in [0.15, 0.2) is 6.23 Å². The maximum absolute atomic E-state index is 13.2. The minimum atomic E-state index is -0.369. The molecular weight excluding hydrogens is 421 g/mol. The van der Waals surface area contributed by atoms with E-state index in [1.807, 2.05) is 30.3 Å². The van der Waals surface area contributed by atoms with E-state index in [4.69, 9.17) is 4.74 Å². The minimum absolute atomic E-state index is 0.141. The Bertz CT molecular complexity index is 1250. The summed E-state index contributed by atoms with van der Waals surface area (Å²) in [4.78, 5) is 28.1. The molecule has 2 unspecified atom stereocenters. The number of nitrogens with zero attached hydrogens (tertiary/aromatic N) is 4. The molecule has 3 heterocycles. The van der Waals surface area contributed by atoms with Crippen molar-refractivity contribution in [1.82, 2.24) is 14.8 Å². The summed E-state index contributed by atoms with van der Waals surface area (Å²) >= 11 is 0. The molecule has 3 aromatic rings. The third-order valence-electron chi connectivity index (χ3n) is 6.36. The second-order valence-electron chi connectivity index (χ2n) is 8.38. The van der Waals surface area contributed by atoms with Gasteiger partial charge >= 0.3 is 0 Å². The molecule has 0 aliphatic carbocycles. The quantitative estimate of drug-likeness (QED) is 0.664. The van der Waals surface area contributed by atoms with Crippen LogP contribution in [0.4, 0.5) is 4.39 Å². The molecule has 2 atom stereocenters. The van der Waals surface area contributed by atoms with Gasteiger partial charge in [0.25, 0.3) is 0 Å². The van der Waals surface area contributed by atoms with E-state index in [1.54, 1.807) is 12.4 Å². The Morgan fingerprint density at radius 3 is 2.64 bits per heavy atom. The van der Waals surface area contributed by atoms with E-state index >= 15 is 0 Å². The molecule has 170 valence electrons. The predicted molar refractivity (Wildman–Crippen MR) is 127 cm³/mol. The van der Waals surface area contributed by atoms with E-state index in [-0.39, 0.29) is 23.6 Å². The summed E-state index contributed by atoms with van der Waals surface area (Å²) in [6.45, 7) is 5.68. The number of piperazine rings is 1. The van der Waals surface area contributed by atoms with Crippen molar-refractivity contribution in [3.63, 3.8) is 0 Å². The van der Waals surface area contributed by atoms with Crippen LogP contribution in [-0.2, 0) is 0 Å². The smallest absolute Gasteiger partial charge is 0.248 e. The van der Waals surface area contributed by atoms with Gasteiger partial charge in [0, 0.05) is 43.7 Å². The van der Waals surface area contributed by atoms with Crippen molar-refractivity contribution in [2.75, 3.05) is 26.2 Å². The average Bonchev–Trinajstić information content (AvgIpc) is 2.84. The van der Waals surface area contributed by atoms with Crippen LogP contribution in [0.2, 0.25) is 0 Å². The largest absolute Gasteiger partial charge is 0.468 e. The lowest BCUT2D eigenvalue weighted by atomic mass is 10.1. The monoisotopic (exact) mass is 447 g/mol. The summed E-state index contributed by atoms with van der Waals surface area (Å²) in [5.41, 5.74) is 1.72. The first-order valence-electron chi connectivity index (χ1n) is 11.2. The SMILES string of the molecule is CC(c1ccc(F)cc1)N1CCN(C2=NC=NC(Oc3cccc4[nH]c(=O)ccc34)C2)CC1. The molecule has 0 saturated carbocycles. The number of halogens is 1. The van der Waals surface area contributed by atoms with Crippen LogP contribution in [-0.4, -0.2) is 59.4 Å². The van der Waals surface area contributed by atoms with Crippen LogP contribution in [0, 0.1) is 5.82 Å². The molecule has 1 saturated heterocycles. The van der Waals surface area contributed by atoms with Crippen molar-refractivity contribution in [3.05, 3.63) is 76.3 Å². The highest BCUT2D eigenvalue weighted by Gasteiger charge is 2.27. The molecule has 0 bridgehead atoms. The highest BCUT2D eigenvalue weighted by atomic mass is 19.1. The van der Waals surface area contributed by atoms with Gasteiger partial charge in [-0.2, -0.15) is 0 Å². The summed E-state index contributed by atoms with van der Waals surface area (Å²) in [6, 6.07) is 15.9. The van der Waals surface area contributed by atoms with Crippen LogP contribution in [0.5, 0.6) is 5.75 Å². The second-order valence-corrected chi connectivity index (χ2v) is 8.38. The summed E-state index contributed by atoms with van der Waals surface area (Å²) in [5, 5.41) is 0.847. The van der Waals surface area contributed by atoms with Gasteiger partial charge in [0.1, 0.15) is 23.7 Å². The van der Waals surface area contributed by atoms with Crippen LogP contribution in [0.3, 0.4) is 0 Å². The van der Waals surface area contributed by atoms with E-state index in [1.165, 1.54) is 18.2 Å². The standard InChI is InChI=1S/C25H26FN5O2/c1-17(18-5-7-19(26)8-6-18)30-11-13-31(14-12-30)23-15-25(28-16-27-23)33-22-4-2-3-21-20(22)9-10-24(32)29-21/h2-10,16-17,25H,11-15H2,1H3,(H,29,32). The molecule has 8 heteroatoms. The molecule has 1 fully saturated rings. The van der Waals surface area contributed by atoms with Crippen LogP contribution >= 0.6 is 0 Å². The van der Waals surface area contributed by atoms with Crippen LogP contribution in [0.25, 0.3) is 10.9 Å². The van der Waals surface area contributed by atoms with E-state index in [0.29, 0.717) is 12.2 Å². The Morgan fingerprint density at radius 2 is 1.85 bits per heavy atom. The zero-order chi connectivity index (χ0) is 22.8. The number of aromatic nitrogens is 1. The summed E-state index contributed by atoms with van der Waals surface area (Å²) in [5.74, 6) is 1.45.